The van der Waals surface area contributed by atoms with Crippen LogP contribution in [0.4, 0.5) is 0 Å². The summed E-state index contributed by atoms with van der Waals surface area (Å²) in [6, 6.07) is 0.684. The molecule has 5 nitrogen and oxygen atoms in total. The quantitative estimate of drug-likeness (QED) is 0.812. The third-order valence-electron chi connectivity index (χ3n) is 5.94. The Morgan fingerprint density at radius 2 is 1.67 bits per heavy atom. The van der Waals surface area contributed by atoms with Gasteiger partial charge in [-0.3, -0.25) is 4.79 Å². The predicted molar refractivity (Wildman–Crippen MR) is 101 cm³/mol. The highest BCUT2D eigenvalue weighted by Gasteiger charge is 2.42. The van der Waals surface area contributed by atoms with Crippen molar-refractivity contribution in [2.75, 3.05) is 45.9 Å². The zero-order chi connectivity index (χ0) is 15.4. The molecule has 0 radical (unpaired) electrons. The molecule has 7 heteroatoms. The highest BCUT2D eigenvalue weighted by atomic mass is 35.5. The van der Waals surface area contributed by atoms with E-state index in [2.05, 4.69) is 9.80 Å². The molecule has 3 rings (SSSR count). The van der Waals surface area contributed by atoms with Crippen LogP contribution in [-0.2, 0) is 9.53 Å². The highest BCUT2D eigenvalue weighted by Crippen LogP contribution is 2.33. The summed E-state index contributed by atoms with van der Waals surface area (Å²) in [4.78, 5) is 17.8. The number of hydrogen-bond donors (Lipinski definition) is 1. The maximum Gasteiger partial charge on any atom is 0.230 e. The molecule has 3 aliphatic heterocycles. The summed E-state index contributed by atoms with van der Waals surface area (Å²) >= 11 is 0. The number of amides is 1. The number of rotatable bonds is 3. The van der Waals surface area contributed by atoms with Crippen LogP contribution in [0, 0.1) is 5.41 Å². The van der Waals surface area contributed by atoms with Crippen molar-refractivity contribution >= 4 is 30.7 Å². The minimum absolute atomic E-state index is 0. The van der Waals surface area contributed by atoms with Crippen LogP contribution in [-0.4, -0.2) is 67.7 Å². The normalized spacial score (nSPS) is 27.7. The third kappa shape index (κ3) is 4.76. The molecule has 0 aliphatic carbocycles. The minimum Gasteiger partial charge on any atom is -0.381 e. The van der Waals surface area contributed by atoms with E-state index in [9.17, 15) is 4.79 Å². The Labute approximate surface area is 158 Å². The maximum absolute atomic E-state index is 13.1. The Hall–Kier alpha value is -0.0700. The molecule has 3 saturated heterocycles. The van der Waals surface area contributed by atoms with Gasteiger partial charge in [0.15, 0.2) is 0 Å². The summed E-state index contributed by atoms with van der Waals surface area (Å²) in [5.74, 6) is 0.292. The van der Waals surface area contributed by atoms with Crippen molar-refractivity contribution in [1.29, 1.82) is 0 Å². The molecule has 1 atom stereocenters. The number of halogens is 2. The van der Waals surface area contributed by atoms with Crippen LogP contribution in [0.5, 0.6) is 0 Å². The number of carbonyl (C=O) groups excluding carboxylic acids is 1. The van der Waals surface area contributed by atoms with E-state index in [1.165, 1.54) is 32.4 Å². The summed E-state index contributed by atoms with van der Waals surface area (Å²) in [7, 11) is 0. The topological polar surface area (TPSA) is 58.8 Å². The molecule has 3 aliphatic rings. The monoisotopic (exact) mass is 381 g/mol. The number of nitrogens with two attached hydrogens (primary N) is 1. The Bertz CT molecular complexity index is 386. The highest BCUT2D eigenvalue weighted by molar-refractivity contribution is 5.85. The molecule has 0 bridgehead atoms. The molecule has 1 amide bonds. The van der Waals surface area contributed by atoms with Crippen molar-refractivity contribution in [3.63, 3.8) is 0 Å². The lowest BCUT2D eigenvalue weighted by atomic mass is 9.79. The molecule has 0 aromatic rings. The van der Waals surface area contributed by atoms with Crippen LogP contribution in [0.3, 0.4) is 0 Å². The third-order valence-corrected chi connectivity index (χ3v) is 5.94. The van der Waals surface area contributed by atoms with Crippen molar-refractivity contribution in [3.05, 3.63) is 0 Å². The van der Waals surface area contributed by atoms with E-state index in [0.717, 1.165) is 38.8 Å². The van der Waals surface area contributed by atoms with Crippen LogP contribution in [0.15, 0.2) is 0 Å². The fourth-order valence-corrected chi connectivity index (χ4v) is 4.36. The van der Waals surface area contributed by atoms with Gasteiger partial charge in [-0.25, -0.2) is 0 Å². The second-order valence-corrected chi connectivity index (χ2v) is 7.22. The molecular formula is C17H33Cl2N3O2. The van der Waals surface area contributed by atoms with Gasteiger partial charge in [0, 0.05) is 38.9 Å². The average Bonchev–Trinajstić information content (AvgIpc) is 2.99. The van der Waals surface area contributed by atoms with Gasteiger partial charge in [0.25, 0.3) is 0 Å². The zero-order valence-corrected chi connectivity index (χ0v) is 16.2. The van der Waals surface area contributed by atoms with E-state index in [4.69, 9.17) is 10.5 Å². The van der Waals surface area contributed by atoms with Gasteiger partial charge in [-0.1, -0.05) is 0 Å². The second-order valence-electron chi connectivity index (χ2n) is 7.22. The summed E-state index contributed by atoms with van der Waals surface area (Å²) in [5, 5.41) is 0. The molecule has 0 spiro atoms. The molecule has 0 aromatic carbocycles. The molecule has 3 fully saturated rings. The van der Waals surface area contributed by atoms with E-state index in [-0.39, 0.29) is 30.2 Å². The number of ether oxygens (including phenoxy) is 1. The first-order chi connectivity index (χ1) is 10.7. The molecule has 1 unspecified atom stereocenters. The first-order valence-electron chi connectivity index (χ1n) is 9.06. The predicted octanol–water partition coefficient (Wildman–Crippen LogP) is 2.06. The summed E-state index contributed by atoms with van der Waals surface area (Å²) in [6.45, 7) is 6.13. The molecule has 2 N–H and O–H groups in total. The number of nitrogens with zero attached hydrogens (tertiary/aromatic N) is 2. The van der Waals surface area contributed by atoms with E-state index in [1.807, 2.05) is 0 Å². The lowest BCUT2D eigenvalue weighted by Crippen LogP contribution is -2.51. The summed E-state index contributed by atoms with van der Waals surface area (Å²) < 4.78 is 5.44. The molecule has 0 saturated carbocycles. The standard InChI is InChI=1S/C17H31N3O2.2ClH/c18-14-17(6-12-22-13-7-17)16(21)20-10-3-4-15(5-11-20)19-8-1-2-9-19;;/h15H,1-14,18H2;2*1H. The van der Waals surface area contributed by atoms with Gasteiger partial charge < -0.3 is 20.3 Å². The Balaban J connectivity index is 0.00000144. The summed E-state index contributed by atoms with van der Waals surface area (Å²) in [6.07, 6.45) is 7.75. The van der Waals surface area contributed by atoms with Gasteiger partial charge in [-0.2, -0.15) is 0 Å². The van der Waals surface area contributed by atoms with Crippen molar-refractivity contribution < 1.29 is 9.53 Å². The smallest absolute Gasteiger partial charge is 0.230 e. The molecular weight excluding hydrogens is 349 g/mol. The first kappa shape index (κ1) is 22.0. The van der Waals surface area contributed by atoms with Crippen molar-refractivity contribution in [3.8, 4) is 0 Å². The second kappa shape index (κ2) is 10.2. The van der Waals surface area contributed by atoms with E-state index in [1.54, 1.807) is 0 Å². The maximum atomic E-state index is 13.1. The fourth-order valence-electron chi connectivity index (χ4n) is 4.36. The number of carbonyl (C=O) groups is 1. The zero-order valence-electron chi connectivity index (χ0n) is 14.6. The SMILES string of the molecule is Cl.Cl.NCC1(C(=O)N2CCCC(N3CCCC3)CC2)CCOCC1. The van der Waals surface area contributed by atoms with Gasteiger partial charge >= 0.3 is 0 Å². The lowest BCUT2D eigenvalue weighted by Gasteiger charge is -2.38. The van der Waals surface area contributed by atoms with Crippen LogP contribution in [0.2, 0.25) is 0 Å². The Kier molecular flexibility index (Phi) is 9.31. The van der Waals surface area contributed by atoms with Crippen LogP contribution in [0.1, 0.15) is 44.9 Å². The minimum atomic E-state index is -0.355. The van der Waals surface area contributed by atoms with E-state index >= 15 is 0 Å². The van der Waals surface area contributed by atoms with E-state index < -0.39 is 0 Å². The van der Waals surface area contributed by atoms with Gasteiger partial charge in [0.05, 0.1) is 5.41 Å². The van der Waals surface area contributed by atoms with Crippen LogP contribution < -0.4 is 5.73 Å². The molecule has 24 heavy (non-hydrogen) atoms. The van der Waals surface area contributed by atoms with Crippen molar-refractivity contribution in [1.82, 2.24) is 9.80 Å². The van der Waals surface area contributed by atoms with Gasteiger partial charge in [-0.15, -0.1) is 24.8 Å². The Morgan fingerprint density at radius 1 is 1.00 bits per heavy atom. The first-order valence-corrected chi connectivity index (χ1v) is 9.06. The van der Waals surface area contributed by atoms with E-state index in [0.29, 0.717) is 31.7 Å². The average molecular weight is 382 g/mol. The van der Waals surface area contributed by atoms with Crippen molar-refractivity contribution in [2.24, 2.45) is 11.1 Å². The molecule has 0 aromatic heterocycles. The largest absolute Gasteiger partial charge is 0.381 e. The van der Waals surface area contributed by atoms with Crippen LogP contribution >= 0.6 is 24.8 Å². The van der Waals surface area contributed by atoms with Gasteiger partial charge in [0.2, 0.25) is 5.91 Å². The molecule has 3 heterocycles. The molecule has 142 valence electrons. The van der Waals surface area contributed by atoms with Gasteiger partial charge in [-0.05, 0) is 58.0 Å². The number of hydrogen-bond acceptors (Lipinski definition) is 4. The lowest BCUT2D eigenvalue weighted by molar-refractivity contribution is -0.147. The fraction of sp³-hybridized carbons (Fsp3) is 0.941. The Morgan fingerprint density at radius 3 is 2.29 bits per heavy atom. The number of likely N-dealkylation sites (tertiary alicyclic amines) is 2. The summed E-state index contributed by atoms with van der Waals surface area (Å²) in [5.41, 5.74) is 5.65. The van der Waals surface area contributed by atoms with Gasteiger partial charge in [0.1, 0.15) is 0 Å². The van der Waals surface area contributed by atoms with Crippen LogP contribution in [0.25, 0.3) is 0 Å². The van der Waals surface area contributed by atoms with Crippen molar-refractivity contribution in [2.45, 2.75) is 51.0 Å².